The molecule has 0 aromatic heterocycles. The van der Waals surface area contributed by atoms with Gasteiger partial charge in [-0.15, -0.1) is 0 Å². The molecule has 0 amide bonds. The SMILES string of the molecule is COc1cc(C2c3cc4c(cc3[C@H](C)[C@@H](COC=O)[C@@H]2C)OCO4)cc(OC)c1OC. The maximum atomic E-state index is 10.9. The lowest BCUT2D eigenvalue weighted by Crippen LogP contribution is -2.34. The summed E-state index contributed by atoms with van der Waals surface area (Å²) in [4.78, 5) is 10.9. The van der Waals surface area contributed by atoms with Crippen LogP contribution in [0.1, 0.15) is 42.4 Å². The zero-order valence-electron chi connectivity index (χ0n) is 18.5. The highest BCUT2D eigenvalue weighted by Crippen LogP contribution is 2.54. The van der Waals surface area contributed by atoms with Crippen molar-refractivity contribution in [2.45, 2.75) is 25.7 Å². The number of rotatable bonds is 7. The van der Waals surface area contributed by atoms with Crippen molar-refractivity contribution in [3.63, 3.8) is 0 Å². The summed E-state index contributed by atoms with van der Waals surface area (Å²) >= 11 is 0. The number of carbonyl (C=O) groups excluding carboxylic acids is 1. The summed E-state index contributed by atoms with van der Waals surface area (Å²) in [5.74, 6) is 3.74. The molecule has 2 aliphatic rings. The summed E-state index contributed by atoms with van der Waals surface area (Å²) in [6.45, 7) is 5.44. The molecule has 2 aromatic carbocycles. The maximum Gasteiger partial charge on any atom is 0.293 e. The van der Waals surface area contributed by atoms with Crippen LogP contribution >= 0.6 is 0 Å². The van der Waals surface area contributed by atoms with Crippen molar-refractivity contribution in [2.75, 3.05) is 34.7 Å². The molecule has 7 heteroatoms. The Hall–Kier alpha value is -3.09. The van der Waals surface area contributed by atoms with Gasteiger partial charge in [0.1, 0.15) is 0 Å². The monoisotopic (exact) mass is 428 g/mol. The van der Waals surface area contributed by atoms with E-state index in [4.69, 9.17) is 28.4 Å². The van der Waals surface area contributed by atoms with Crippen LogP contribution < -0.4 is 23.7 Å². The van der Waals surface area contributed by atoms with E-state index < -0.39 is 0 Å². The quantitative estimate of drug-likeness (QED) is 0.615. The predicted molar refractivity (Wildman–Crippen MR) is 114 cm³/mol. The van der Waals surface area contributed by atoms with E-state index in [0.29, 0.717) is 30.3 Å². The first-order chi connectivity index (χ1) is 15.0. The minimum atomic E-state index is 0.00894. The van der Waals surface area contributed by atoms with E-state index in [-0.39, 0.29) is 30.5 Å². The van der Waals surface area contributed by atoms with Gasteiger partial charge in [-0.3, -0.25) is 4.79 Å². The highest BCUT2D eigenvalue weighted by molar-refractivity contribution is 5.59. The van der Waals surface area contributed by atoms with Gasteiger partial charge in [-0.1, -0.05) is 13.8 Å². The van der Waals surface area contributed by atoms with Crippen LogP contribution in [-0.4, -0.2) is 41.2 Å². The van der Waals surface area contributed by atoms with Gasteiger partial charge in [-0.2, -0.15) is 0 Å². The molecular formula is C24H28O7. The third kappa shape index (κ3) is 3.52. The molecule has 0 bridgehead atoms. The largest absolute Gasteiger partial charge is 0.493 e. The van der Waals surface area contributed by atoms with Gasteiger partial charge in [0.2, 0.25) is 12.5 Å². The molecule has 0 radical (unpaired) electrons. The second-order valence-corrected chi connectivity index (χ2v) is 8.01. The van der Waals surface area contributed by atoms with E-state index in [9.17, 15) is 4.79 Å². The molecule has 1 aliphatic carbocycles. The molecule has 0 saturated carbocycles. The van der Waals surface area contributed by atoms with Crippen molar-refractivity contribution in [1.29, 1.82) is 0 Å². The van der Waals surface area contributed by atoms with Gasteiger partial charge in [0.25, 0.3) is 6.47 Å². The zero-order valence-corrected chi connectivity index (χ0v) is 18.5. The zero-order chi connectivity index (χ0) is 22.1. The maximum absolute atomic E-state index is 10.9. The number of carbonyl (C=O) groups is 1. The lowest BCUT2D eigenvalue weighted by Gasteiger charge is -2.42. The molecule has 1 unspecified atom stereocenters. The molecule has 0 spiro atoms. The molecular weight excluding hydrogens is 400 g/mol. The molecule has 2 aromatic rings. The van der Waals surface area contributed by atoms with E-state index >= 15 is 0 Å². The van der Waals surface area contributed by atoms with E-state index in [1.807, 2.05) is 12.1 Å². The molecule has 166 valence electrons. The summed E-state index contributed by atoms with van der Waals surface area (Å²) < 4.78 is 33.2. The van der Waals surface area contributed by atoms with Crippen molar-refractivity contribution in [1.82, 2.24) is 0 Å². The highest BCUT2D eigenvalue weighted by Gasteiger charge is 2.41. The van der Waals surface area contributed by atoms with E-state index in [2.05, 4.69) is 26.0 Å². The van der Waals surface area contributed by atoms with Crippen LogP contribution in [0.25, 0.3) is 0 Å². The van der Waals surface area contributed by atoms with Crippen LogP contribution in [0.5, 0.6) is 28.7 Å². The van der Waals surface area contributed by atoms with Crippen LogP contribution in [0.3, 0.4) is 0 Å². The third-order valence-electron chi connectivity index (χ3n) is 6.65. The van der Waals surface area contributed by atoms with Crippen LogP contribution in [0.15, 0.2) is 24.3 Å². The predicted octanol–water partition coefficient (Wildman–Crippen LogP) is 4.12. The standard InChI is InChI=1S/C24H28O7/c1-13-16-8-19-20(31-12-30-19)9-17(16)23(14(2)18(13)10-29-11-25)15-6-21(26-3)24(28-5)22(7-15)27-4/h6-9,11,13-14,18,23H,10,12H2,1-5H3/t13-,14-,18+,23?/m0/s1. The number of benzene rings is 2. The van der Waals surface area contributed by atoms with Crippen molar-refractivity contribution >= 4 is 6.47 Å². The topological polar surface area (TPSA) is 72.5 Å². The molecule has 0 saturated heterocycles. The van der Waals surface area contributed by atoms with Crippen LogP contribution in [-0.2, 0) is 9.53 Å². The van der Waals surface area contributed by atoms with Gasteiger partial charge < -0.3 is 28.4 Å². The van der Waals surface area contributed by atoms with Crippen LogP contribution in [0.2, 0.25) is 0 Å². The Morgan fingerprint density at radius 3 is 2.10 bits per heavy atom. The van der Waals surface area contributed by atoms with E-state index in [1.54, 1.807) is 21.3 Å². The van der Waals surface area contributed by atoms with E-state index in [0.717, 1.165) is 17.1 Å². The Morgan fingerprint density at radius 1 is 0.935 bits per heavy atom. The molecule has 31 heavy (non-hydrogen) atoms. The first-order valence-electron chi connectivity index (χ1n) is 10.3. The van der Waals surface area contributed by atoms with Gasteiger partial charge in [-0.25, -0.2) is 0 Å². The average Bonchev–Trinajstić information content (AvgIpc) is 3.24. The van der Waals surface area contributed by atoms with Gasteiger partial charge in [0, 0.05) is 11.8 Å². The van der Waals surface area contributed by atoms with Gasteiger partial charge in [-0.05, 0) is 52.8 Å². The lowest BCUT2D eigenvalue weighted by molar-refractivity contribution is -0.130. The lowest BCUT2D eigenvalue weighted by atomic mass is 9.63. The molecule has 1 heterocycles. The number of hydrogen-bond donors (Lipinski definition) is 0. The molecule has 0 N–H and O–H groups in total. The first-order valence-corrected chi connectivity index (χ1v) is 10.3. The fourth-order valence-electron chi connectivity index (χ4n) is 5.06. The third-order valence-corrected chi connectivity index (χ3v) is 6.65. The fraction of sp³-hybridized carbons (Fsp3) is 0.458. The Balaban J connectivity index is 1.90. The van der Waals surface area contributed by atoms with Crippen molar-refractivity contribution < 1.29 is 33.2 Å². The average molecular weight is 428 g/mol. The Bertz CT molecular complexity index is 946. The van der Waals surface area contributed by atoms with Crippen LogP contribution in [0.4, 0.5) is 0 Å². The Labute approximate surface area is 182 Å². The second-order valence-electron chi connectivity index (χ2n) is 8.01. The highest BCUT2D eigenvalue weighted by atomic mass is 16.7. The normalized spacial score (nSPS) is 23.6. The molecule has 7 nitrogen and oxygen atoms in total. The number of methoxy groups -OCH3 is 3. The summed E-state index contributed by atoms with van der Waals surface area (Å²) in [6.07, 6.45) is 0. The smallest absolute Gasteiger partial charge is 0.293 e. The fourth-order valence-corrected chi connectivity index (χ4v) is 5.06. The first kappa shape index (κ1) is 21.2. The van der Waals surface area contributed by atoms with Crippen LogP contribution in [0, 0.1) is 11.8 Å². The number of fused-ring (bicyclic) bond motifs is 2. The summed E-state index contributed by atoms with van der Waals surface area (Å²) in [5, 5.41) is 0. The molecule has 0 fully saturated rings. The Morgan fingerprint density at radius 2 is 1.55 bits per heavy atom. The van der Waals surface area contributed by atoms with Crippen molar-refractivity contribution in [3.8, 4) is 28.7 Å². The van der Waals surface area contributed by atoms with Gasteiger partial charge in [0.05, 0.1) is 27.9 Å². The summed E-state index contributed by atoms with van der Waals surface area (Å²) in [7, 11) is 4.81. The minimum Gasteiger partial charge on any atom is -0.493 e. The minimum absolute atomic E-state index is 0.00894. The molecule has 4 rings (SSSR count). The summed E-state index contributed by atoms with van der Waals surface area (Å²) in [5.41, 5.74) is 3.37. The number of ether oxygens (including phenoxy) is 6. The number of hydrogen-bond acceptors (Lipinski definition) is 7. The van der Waals surface area contributed by atoms with Gasteiger partial charge >= 0.3 is 0 Å². The van der Waals surface area contributed by atoms with Crippen molar-refractivity contribution in [3.05, 3.63) is 41.0 Å². The summed E-state index contributed by atoms with van der Waals surface area (Å²) in [6, 6.07) is 8.12. The van der Waals surface area contributed by atoms with E-state index in [1.165, 1.54) is 11.1 Å². The Kier molecular flexibility index (Phi) is 5.85. The second kappa shape index (κ2) is 8.57. The molecule has 4 atom stereocenters. The van der Waals surface area contributed by atoms with Gasteiger partial charge in [0.15, 0.2) is 23.0 Å². The van der Waals surface area contributed by atoms with Crippen molar-refractivity contribution in [2.24, 2.45) is 11.8 Å². The molecule has 1 aliphatic heterocycles.